The monoisotopic (exact) mass is 535 g/mol. The molecule has 5 rings (SSSR count). The van der Waals surface area contributed by atoms with Gasteiger partial charge in [0.1, 0.15) is 5.69 Å². The fraction of sp³-hybridized carbons (Fsp3) is 0.0800. The number of anilines is 1. The van der Waals surface area contributed by atoms with Gasteiger partial charge in [-0.3, -0.25) is 19.1 Å². The lowest BCUT2D eigenvalue weighted by Gasteiger charge is -2.08. The van der Waals surface area contributed by atoms with Crippen LogP contribution in [0.1, 0.15) is 32.0 Å². The predicted octanol–water partition coefficient (Wildman–Crippen LogP) is 4.55. The smallest absolute Gasteiger partial charge is 0.295 e. The van der Waals surface area contributed by atoms with Gasteiger partial charge in [0.15, 0.2) is 5.78 Å². The molecular weight excluding hydrogens is 517 g/mol. The fourth-order valence-corrected chi connectivity index (χ4v) is 4.67. The molecule has 0 radical (unpaired) electrons. The molecular formula is C25H18IN3O3. The van der Waals surface area contributed by atoms with Gasteiger partial charge in [-0.2, -0.15) is 0 Å². The molecule has 1 N–H and O–H groups in total. The number of hydrogen-bond acceptors (Lipinski definition) is 3. The molecule has 1 heterocycles. The summed E-state index contributed by atoms with van der Waals surface area (Å²) < 4.78 is 4.16. The molecule has 1 aliphatic rings. The quantitative estimate of drug-likeness (QED) is 0.345. The summed E-state index contributed by atoms with van der Waals surface area (Å²) in [6, 6.07) is 20.1. The van der Waals surface area contributed by atoms with Crippen molar-refractivity contribution in [3.63, 3.8) is 0 Å². The summed E-state index contributed by atoms with van der Waals surface area (Å²) in [5, 5.41) is 2.77. The zero-order valence-corrected chi connectivity index (χ0v) is 19.5. The Labute approximate surface area is 197 Å². The largest absolute Gasteiger partial charge is 0.316 e. The van der Waals surface area contributed by atoms with E-state index in [1.54, 1.807) is 30.8 Å². The van der Waals surface area contributed by atoms with Crippen LogP contribution in [0.25, 0.3) is 16.8 Å². The van der Waals surface area contributed by atoms with Crippen LogP contribution in [-0.2, 0) is 7.05 Å². The lowest BCUT2D eigenvalue weighted by atomic mass is 10.0. The highest BCUT2D eigenvalue weighted by molar-refractivity contribution is 14.1. The van der Waals surface area contributed by atoms with Crippen LogP contribution in [0, 0.1) is 10.5 Å². The van der Waals surface area contributed by atoms with Gasteiger partial charge in [-0.25, -0.2) is 4.68 Å². The first kappa shape index (κ1) is 20.4. The number of fused-ring (bicyclic) bond motifs is 3. The second kappa shape index (κ2) is 7.59. The molecule has 158 valence electrons. The van der Waals surface area contributed by atoms with Gasteiger partial charge < -0.3 is 5.32 Å². The second-order valence-electron chi connectivity index (χ2n) is 7.64. The third-order valence-electron chi connectivity index (χ3n) is 5.85. The van der Waals surface area contributed by atoms with Crippen molar-refractivity contribution in [2.75, 3.05) is 5.32 Å². The lowest BCUT2D eigenvalue weighted by Crippen LogP contribution is -2.23. The van der Waals surface area contributed by atoms with Crippen molar-refractivity contribution in [1.29, 1.82) is 0 Å². The molecule has 4 aromatic rings. The maximum absolute atomic E-state index is 13.3. The molecule has 0 bridgehead atoms. The van der Waals surface area contributed by atoms with Gasteiger partial charge in [-0.1, -0.05) is 36.4 Å². The van der Waals surface area contributed by atoms with E-state index in [1.165, 1.54) is 4.68 Å². The highest BCUT2D eigenvalue weighted by Gasteiger charge is 2.31. The molecule has 0 spiro atoms. The van der Waals surface area contributed by atoms with Crippen LogP contribution in [-0.4, -0.2) is 21.1 Å². The Morgan fingerprint density at radius 2 is 1.66 bits per heavy atom. The molecule has 32 heavy (non-hydrogen) atoms. The Morgan fingerprint density at radius 1 is 0.906 bits per heavy atom. The van der Waals surface area contributed by atoms with E-state index in [-0.39, 0.29) is 22.6 Å². The molecule has 1 amide bonds. The Kier molecular flexibility index (Phi) is 4.85. The predicted molar refractivity (Wildman–Crippen MR) is 132 cm³/mol. The third kappa shape index (κ3) is 3.03. The molecule has 1 aromatic heterocycles. The Hall–Kier alpha value is -3.46. The first-order chi connectivity index (χ1) is 15.4. The topological polar surface area (TPSA) is 73.1 Å². The average Bonchev–Trinajstić information content (AvgIpc) is 3.19. The zero-order valence-electron chi connectivity index (χ0n) is 17.3. The van der Waals surface area contributed by atoms with Crippen LogP contribution in [0.4, 0.5) is 5.69 Å². The molecule has 6 nitrogen and oxygen atoms in total. The molecule has 0 aliphatic heterocycles. The standard InChI is InChI=1S/C25H18IN3O3/c1-14-22(25(32)29(28(14)2)16-7-4-3-5-8-16)27-24(31)19-10-6-9-18-17-12-11-15(26)13-20(17)23(30)21(18)19/h3-13H,1-2H3,(H,27,31). The van der Waals surface area contributed by atoms with E-state index in [4.69, 9.17) is 0 Å². The summed E-state index contributed by atoms with van der Waals surface area (Å²) in [5.74, 6) is -0.658. The van der Waals surface area contributed by atoms with E-state index in [0.717, 1.165) is 14.7 Å². The number of carbonyl (C=O) groups is 2. The SMILES string of the molecule is Cc1c(NC(=O)c2cccc3c2C(=O)c2cc(I)ccc2-3)c(=O)n(-c2ccccc2)n1C. The summed E-state index contributed by atoms with van der Waals surface area (Å²) >= 11 is 2.17. The summed E-state index contributed by atoms with van der Waals surface area (Å²) in [6.45, 7) is 1.77. The van der Waals surface area contributed by atoms with E-state index in [9.17, 15) is 14.4 Å². The number of benzene rings is 3. The van der Waals surface area contributed by atoms with Crippen LogP contribution in [0.5, 0.6) is 0 Å². The van der Waals surface area contributed by atoms with E-state index in [0.29, 0.717) is 22.5 Å². The van der Waals surface area contributed by atoms with E-state index in [2.05, 4.69) is 27.9 Å². The first-order valence-electron chi connectivity index (χ1n) is 10.0. The van der Waals surface area contributed by atoms with Gasteiger partial charge in [0, 0.05) is 21.7 Å². The number of hydrogen-bond donors (Lipinski definition) is 1. The van der Waals surface area contributed by atoms with Gasteiger partial charge in [0.05, 0.1) is 16.9 Å². The molecule has 0 unspecified atom stereocenters. The second-order valence-corrected chi connectivity index (χ2v) is 8.88. The summed E-state index contributed by atoms with van der Waals surface area (Å²) in [7, 11) is 1.77. The number of halogens is 1. The van der Waals surface area contributed by atoms with Gasteiger partial charge in [0.25, 0.3) is 11.5 Å². The van der Waals surface area contributed by atoms with Gasteiger partial charge >= 0.3 is 0 Å². The van der Waals surface area contributed by atoms with E-state index >= 15 is 0 Å². The minimum Gasteiger partial charge on any atom is -0.316 e. The number of aromatic nitrogens is 2. The molecule has 1 aliphatic carbocycles. The number of nitrogens with zero attached hydrogens (tertiary/aromatic N) is 2. The highest BCUT2D eigenvalue weighted by Crippen LogP contribution is 2.39. The van der Waals surface area contributed by atoms with Crippen molar-refractivity contribution in [2.45, 2.75) is 6.92 Å². The van der Waals surface area contributed by atoms with Crippen LogP contribution in [0.3, 0.4) is 0 Å². The molecule has 3 aromatic carbocycles. The normalized spacial score (nSPS) is 11.9. The van der Waals surface area contributed by atoms with Crippen LogP contribution in [0.2, 0.25) is 0 Å². The Bertz CT molecular complexity index is 1480. The van der Waals surface area contributed by atoms with E-state index < -0.39 is 5.91 Å². The van der Waals surface area contributed by atoms with Crippen molar-refractivity contribution in [2.24, 2.45) is 7.05 Å². The van der Waals surface area contributed by atoms with Crippen LogP contribution < -0.4 is 10.9 Å². The number of nitrogens with one attached hydrogen (secondary N) is 1. The molecule has 0 saturated heterocycles. The van der Waals surface area contributed by atoms with Crippen molar-refractivity contribution < 1.29 is 9.59 Å². The highest BCUT2D eigenvalue weighted by atomic mass is 127. The summed E-state index contributed by atoms with van der Waals surface area (Å²) in [6.07, 6.45) is 0. The number of rotatable bonds is 3. The minimum atomic E-state index is -0.483. The Morgan fingerprint density at radius 3 is 2.41 bits per heavy atom. The number of carbonyl (C=O) groups excluding carboxylic acids is 2. The zero-order chi connectivity index (χ0) is 22.6. The number of amides is 1. The molecule has 0 fully saturated rings. The molecule has 0 saturated carbocycles. The van der Waals surface area contributed by atoms with Crippen molar-refractivity contribution in [3.05, 3.63) is 103 Å². The lowest BCUT2D eigenvalue weighted by molar-refractivity contribution is 0.0998. The molecule has 0 atom stereocenters. The summed E-state index contributed by atoms with van der Waals surface area (Å²) in [5.41, 5.74) is 3.95. The first-order valence-corrected chi connectivity index (χ1v) is 11.1. The average molecular weight is 535 g/mol. The maximum atomic E-state index is 13.3. The Balaban J connectivity index is 1.57. The fourth-order valence-electron chi connectivity index (χ4n) is 4.18. The number of para-hydroxylation sites is 1. The minimum absolute atomic E-state index is 0.175. The third-order valence-corrected chi connectivity index (χ3v) is 6.52. The van der Waals surface area contributed by atoms with Crippen molar-refractivity contribution in [3.8, 4) is 16.8 Å². The van der Waals surface area contributed by atoms with Gasteiger partial charge in [0.2, 0.25) is 0 Å². The van der Waals surface area contributed by atoms with Crippen LogP contribution in [0.15, 0.2) is 71.5 Å². The maximum Gasteiger partial charge on any atom is 0.295 e. The van der Waals surface area contributed by atoms with Gasteiger partial charge in [-0.05, 0) is 71.0 Å². The van der Waals surface area contributed by atoms with Crippen LogP contribution >= 0.6 is 22.6 Å². The molecule has 7 heteroatoms. The van der Waals surface area contributed by atoms with Crippen molar-refractivity contribution in [1.82, 2.24) is 9.36 Å². The summed E-state index contributed by atoms with van der Waals surface area (Å²) in [4.78, 5) is 39.6. The van der Waals surface area contributed by atoms with Gasteiger partial charge in [-0.15, -0.1) is 0 Å². The van der Waals surface area contributed by atoms with Crippen molar-refractivity contribution >= 4 is 40.0 Å². The van der Waals surface area contributed by atoms with E-state index in [1.807, 2.05) is 54.6 Å². The number of ketones is 1.